The van der Waals surface area contributed by atoms with Gasteiger partial charge in [-0.15, -0.1) is 0 Å². The van der Waals surface area contributed by atoms with E-state index in [1.54, 1.807) is 0 Å². The van der Waals surface area contributed by atoms with E-state index in [1.807, 2.05) is 0 Å². The molecule has 1 saturated carbocycles. The monoisotopic (exact) mass is 265 g/mol. The Balaban J connectivity index is 1.78. The number of nitro benzene ring substituents is 1. The first-order valence-electron chi connectivity index (χ1n) is 6.03. The predicted octanol–water partition coefficient (Wildman–Crippen LogP) is 0.681. The highest BCUT2D eigenvalue weighted by atomic mass is 19.1. The van der Waals surface area contributed by atoms with Crippen LogP contribution >= 0.6 is 0 Å². The average molecular weight is 265 g/mol. The summed E-state index contributed by atoms with van der Waals surface area (Å²) in [4.78, 5) is 22.1. The maximum absolute atomic E-state index is 13.0. The fourth-order valence-corrected chi connectivity index (χ4v) is 2.71. The number of halogens is 1. The Kier molecular flexibility index (Phi) is 2.70. The van der Waals surface area contributed by atoms with E-state index in [9.17, 15) is 19.3 Å². The smallest absolute Gasteiger partial charge is 0.285 e. The average Bonchev–Trinajstić information content (AvgIpc) is 2.82. The number of carbonyl (C=O) groups is 1. The Morgan fingerprint density at radius 2 is 2.11 bits per heavy atom. The number of carbonyl (C=O) groups excluding carboxylic acids is 1. The lowest BCUT2D eigenvalue weighted by Crippen LogP contribution is -2.32. The van der Waals surface area contributed by atoms with Crippen LogP contribution in [0, 0.1) is 27.8 Å². The molecule has 2 aliphatic rings. The summed E-state index contributed by atoms with van der Waals surface area (Å²) in [6, 6.07) is 3.05. The topological polar surface area (TPSA) is 84.3 Å². The van der Waals surface area contributed by atoms with Gasteiger partial charge in [-0.05, 0) is 24.0 Å². The second-order valence-electron chi connectivity index (χ2n) is 4.90. The van der Waals surface area contributed by atoms with Gasteiger partial charge in [0.25, 0.3) is 11.6 Å². The lowest BCUT2D eigenvalue weighted by molar-refractivity contribution is -0.385. The molecular weight excluding hydrogens is 253 g/mol. The van der Waals surface area contributed by atoms with E-state index in [4.69, 9.17) is 0 Å². The van der Waals surface area contributed by atoms with Gasteiger partial charge in [0, 0.05) is 19.1 Å². The number of fused-ring (bicyclic) bond motifs is 1. The van der Waals surface area contributed by atoms with Gasteiger partial charge in [0.15, 0.2) is 0 Å². The normalized spacial score (nSPS) is 27.7. The zero-order chi connectivity index (χ0) is 13.6. The summed E-state index contributed by atoms with van der Waals surface area (Å²) in [6.07, 6.45) is 0. The Labute approximate surface area is 108 Å². The summed E-state index contributed by atoms with van der Waals surface area (Å²) in [7, 11) is 0. The molecule has 3 rings (SSSR count). The number of benzene rings is 1. The first-order valence-corrected chi connectivity index (χ1v) is 6.03. The summed E-state index contributed by atoms with van der Waals surface area (Å²) in [5, 5.41) is 16.8. The largest absolute Gasteiger partial charge is 0.348 e. The number of hydrogen-bond donors (Lipinski definition) is 2. The van der Waals surface area contributed by atoms with E-state index in [1.165, 1.54) is 0 Å². The molecule has 2 N–H and O–H groups in total. The maximum atomic E-state index is 13.0. The van der Waals surface area contributed by atoms with Crippen molar-refractivity contribution in [1.82, 2.24) is 10.6 Å². The van der Waals surface area contributed by atoms with Crippen LogP contribution in [0.25, 0.3) is 0 Å². The van der Waals surface area contributed by atoms with E-state index in [-0.39, 0.29) is 11.6 Å². The minimum absolute atomic E-state index is 0.0819. The third-order valence-corrected chi connectivity index (χ3v) is 3.79. The minimum atomic E-state index is -0.743. The second-order valence-corrected chi connectivity index (χ2v) is 4.90. The van der Waals surface area contributed by atoms with E-state index in [0.717, 1.165) is 31.3 Å². The first-order chi connectivity index (χ1) is 9.08. The molecule has 0 aromatic heterocycles. The zero-order valence-electron chi connectivity index (χ0n) is 9.93. The summed E-state index contributed by atoms with van der Waals surface area (Å²) < 4.78 is 13.0. The molecule has 19 heavy (non-hydrogen) atoms. The predicted molar refractivity (Wildman–Crippen MR) is 64.2 cm³/mol. The van der Waals surface area contributed by atoms with E-state index in [0.29, 0.717) is 11.8 Å². The van der Waals surface area contributed by atoms with Crippen LogP contribution in [0.4, 0.5) is 10.1 Å². The summed E-state index contributed by atoms with van der Waals surface area (Å²) in [5.41, 5.74) is -0.592. The van der Waals surface area contributed by atoms with E-state index < -0.39 is 22.3 Å². The number of amides is 1. The SMILES string of the molecule is O=C(NC1C2CNCC21)c1ccc(F)cc1[N+](=O)[O-]. The number of nitrogens with zero attached hydrogens (tertiary/aromatic N) is 1. The van der Waals surface area contributed by atoms with Crippen molar-refractivity contribution in [2.24, 2.45) is 11.8 Å². The Hall–Kier alpha value is -2.02. The highest BCUT2D eigenvalue weighted by Gasteiger charge is 2.53. The van der Waals surface area contributed by atoms with Crippen molar-refractivity contribution < 1.29 is 14.1 Å². The molecule has 0 spiro atoms. The second kappa shape index (κ2) is 4.27. The van der Waals surface area contributed by atoms with Crippen LogP contribution < -0.4 is 10.6 Å². The Morgan fingerprint density at radius 3 is 2.74 bits per heavy atom. The molecule has 0 radical (unpaired) electrons. The highest BCUT2D eigenvalue weighted by molar-refractivity contribution is 5.98. The van der Waals surface area contributed by atoms with Crippen molar-refractivity contribution in [3.63, 3.8) is 0 Å². The van der Waals surface area contributed by atoms with Crippen molar-refractivity contribution in [2.45, 2.75) is 6.04 Å². The fraction of sp³-hybridized carbons (Fsp3) is 0.417. The fourth-order valence-electron chi connectivity index (χ4n) is 2.71. The van der Waals surface area contributed by atoms with Crippen LogP contribution in [0.5, 0.6) is 0 Å². The lowest BCUT2D eigenvalue weighted by atomic mass is 10.1. The molecule has 2 unspecified atom stereocenters. The van der Waals surface area contributed by atoms with Crippen molar-refractivity contribution >= 4 is 11.6 Å². The van der Waals surface area contributed by atoms with E-state index >= 15 is 0 Å². The highest BCUT2D eigenvalue weighted by Crippen LogP contribution is 2.41. The minimum Gasteiger partial charge on any atom is -0.348 e. The summed E-state index contributed by atoms with van der Waals surface area (Å²) in [5.74, 6) is -0.395. The molecule has 1 aliphatic carbocycles. The Bertz CT molecular complexity index is 553. The third kappa shape index (κ3) is 2.06. The number of nitrogens with one attached hydrogen (secondary N) is 2. The standard InChI is InChI=1S/C12H12FN3O3/c13-6-1-2-7(10(3-6)16(18)19)12(17)15-11-8-4-14-5-9(8)11/h1-3,8-9,11,14H,4-5H2,(H,15,17). The van der Waals surface area contributed by atoms with Gasteiger partial charge >= 0.3 is 0 Å². The first kappa shape index (κ1) is 12.0. The molecule has 7 heteroatoms. The van der Waals surface area contributed by atoms with Gasteiger partial charge in [0.2, 0.25) is 0 Å². The number of hydrogen-bond acceptors (Lipinski definition) is 4. The van der Waals surface area contributed by atoms with Crippen LogP contribution in [-0.4, -0.2) is 30.0 Å². The van der Waals surface area contributed by atoms with Crippen LogP contribution in [0.2, 0.25) is 0 Å². The molecule has 1 saturated heterocycles. The molecular formula is C12H12FN3O3. The van der Waals surface area contributed by atoms with Crippen molar-refractivity contribution in [3.05, 3.63) is 39.7 Å². The third-order valence-electron chi connectivity index (χ3n) is 3.79. The zero-order valence-corrected chi connectivity index (χ0v) is 9.93. The molecule has 1 aromatic carbocycles. The summed E-state index contributed by atoms with van der Waals surface area (Å²) >= 11 is 0. The van der Waals surface area contributed by atoms with Crippen LogP contribution in [0.3, 0.4) is 0 Å². The molecule has 0 bridgehead atoms. The van der Waals surface area contributed by atoms with Crippen molar-refractivity contribution in [2.75, 3.05) is 13.1 Å². The maximum Gasteiger partial charge on any atom is 0.285 e. The number of rotatable bonds is 3. The summed E-state index contributed by atoms with van der Waals surface area (Å²) in [6.45, 7) is 1.72. The van der Waals surface area contributed by atoms with Crippen molar-refractivity contribution in [3.8, 4) is 0 Å². The molecule has 1 aliphatic heterocycles. The van der Waals surface area contributed by atoms with Crippen LogP contribution in [-0.2, 0) is 0 Å². The van der Waals surface area contributed by atoms with Gasteiger partial charge in [-0.2, -0.15) is 0 Å². The van der Waals surface area contributed by atoms with Gasteiger partial charge in [0.1, 0.15) is 11.4 Å². The number of piperidine rings is 1. The van der Waals surface area contributed by atoms with Gasteiger partial charge in [-0.25, -0.2) is 4.39 Å². The van der Waals surface area contributed by atoms with Gasteiger partial charge in [0.05, 0.1) is 11.0 Å². The van der Waals surface area contributed by atoms with Gasteiger partial charge < -0.3 is 10.6 Å². The van der Waals surface area contributed by atoms with Crippen LogP contribution in [0.1, 0.15) is 10.4 Å². The molecule has 6 nitrogen and oxygen atoms in total. The lowest BCUT2D eigenvalue weighted by Gasteiger charge is -2.08. The van der Waals surface area contributed by atoms with E-state index in [2.05, 4.69) is 10.6 Å². The van der Waals surface area contributed by atoms with Gasteiger partial charge in [-0.3, -0.25) is 14.9 Å². The van der Waals surface area contributed by atoms with Crippen LogP contribution in [0.15, 0.2) is 18.2 Å². The molecule has 100 valence electrons. The van der Waals surface area contributed by atoms with Gasteiger partial charge in [-0.1, -0.05) is 0 Å². The molecule has 1 heterocycles. The molecule has 2 atom stereocenters. The van der Waals surface area contributed by atoms with Crippen molar-refractivity contribution in [1.29, 1.82) is 0 Å². The molecule has 2 fully saturated rings. The Morgan fingerprint density at radius 1 is 1.42 bits per heavy atom. The molecule has 1 aromatic rings. The molecule has 1 amide bonds. The number of nitro groups is 1. The quantitative estimate of drug-likeness (QED) is 0.622.